The van der Waals surface area contributed by atoms with Crippen LogP contribution in [0.1, 0.15) is 26.7 Å². The molecule has 2 rings (SSSR count). The lowest BCUT2D eigenvalue weighted by Gasteiger charge is -2.40. The Labute approximate surface area is 127 Å². The number of hydrogen-bond donors (Lipinski definition) is 0. The van der Waals surface area contributed by atoms with E-state index in [1.807, 2.05) is 4.90 Å². The number of carbonyl (C=O) groups excluding carboxylic acids is 2. The highest BCUT2D eigenvalue weighted by Gasteiger charge is 2.29. The Balaban J connectivity index is 1.78. The largest absolute Gasteiger partial charge is 0.453 e. The van der Waals surface area contributed by atoms with Crippen LogP contribution < -0.4 is 0 Å². The number of piperidine rings is 1. The molecule has 0 spiro atoms. The van der Waals surface area contributed by atoms with Crippen molar-refractivity contribution in [2.75, 3.05) is 46.4 Å². The van der Waals surface area contributed by atoms with Gasteiger partial charge in [0.2, 0.25) is 5.91 Å². The third-order valence-electron chi connectivity index (χ3n) is 4.49. The summed E-state index contributed by atoms with van der Waals surface area (Å²) in [6, 6.07) is 0.288. The van der Waals surface area contributed by atoms with E-state index in [0.717, 1.165) is 45.7 Å². The van der Waals surface area contributed by atoms with Gasteiger partial charge in [0.05, 0.1) is 7.11 Å². The molecule has 21 heavy (non-hydrogen) atoms. The second-order valence-corrected chi connectivity index (χ2v) is 6.30. The quantitative estimate of drug-likeness (QED) is 0.780. The van der Waals surface area contributed by atoms with Gasteiger partial charge in [0.15, 0.2) is 0 Å². The molecular weight excluding hydrogens is 270 g/mol. The second-order valence-electron chi connectivity index (χ2n) is 6.30. The van der Waals surface area contributed by atoms with Crippen LogP contribution in [0.4, 0.5) is 4.79 Å². The van der Waals surface area contributed by atoms with Crippen LogP contribution in [-0.4, -0.2) is 79.1 Å². The normalized spacial score (nSPS) is 24.6. The van der Waals surface area contributed by atoms with Crippen LogP contribution in [0.15, 0.2) is 0 Å². The monoisotopic (exact) mass is 297 g/mol. The first-order chi connectivity index (χ1) is 10.0. The smallest absolute Gasteiger partial charge is 0.409 e. The Morgan fingerprint density at radius 3 is 2.52 bits per heavy atom. The van der Waals surface area contributed by atoms with E-state index in [2.05, 4.69) is 18.7 Å². The predicted octanol–water partition coefficient (Wildman–Crippen LogP) is 1.02. The molecule has 2 heterocycles. The first kappa shape index (κ1) is 16.1. The van der Waals surface area contributed by atoms with E-state index in [4.69, 9.17) is 4.74 Å². The minimum Gasteiger partial charge on any atom is -0.453 e. The van der Waals surface area contributed by atoms with Gasteiger partial charge in [-0.15, -0.1) is 0 Å². The molecule has 6 nitrogen and oxygen atoms in total. The Hall–Kier alpha value is -1.30. The average Bonchev–Trinajstić information content (AvgIpc) is 2.49. The highest BCUT2D eigenvalue weighted by molar-refractivity contribution is 5.77. The number of nitrogens with zero attached hydrogens (tertiary/aromatic N) is 3. The zero-order valence-electron chi connectivity index (χ0n) is 13.4. The topological polar surface area (TPSA) is 53.1 Å². The van der Waals surface area contributed by atoms with Gasteiger partial charge < -0.3 is 14.5 Å². The molecule has 0 bridgehead atoms. The van der Waals surface area contributed by atoms with Crippen LogP contribution in [0.3, 0.4) is 0 Å². The summed E-state index contributed by atoms with van der Waals surface area (Å²) >= 11 is 0. The Morgan fingerprint density at radius 2 is 1.95 bits per heavy atom. The molecule has 6 heteroatoms. The number of ether oxygens (including phenoxy) is 1. The van der Waals surface area contributed by atoms with Crippen molar-refractivity contribution in [1.82, 2.24) is 14.7 Å². The van der Waals surface area contributed by atoms with Crippen molar-refractivity contribution in [2.45, 2.75) is 32.7 Å². The lowest BCUT2D eigenvalue weighted by Crippen LogP contribution is -2.52. The van der Waals surface area contributed by atoms with Gasteiger partial charge in [-0.2, -0.15) is 0 Å². The van der Waals surface area contributed by atoms with E-state index in [1.54, 1.807) is 4.90 Å². The van der Waals surface area contributed by atoms with Crippen LogP contribution in [0.5, 0.6) is 0 Å². The van der Waals surface area contributed by atoms with Crippen molar-refractivity contribution in [3.8, 4) is 0 Å². The molecule has 2 saturated heterocycles. The van der Waals surface area contributed by atoms with Crippen molar-refractivity contribution >= 4 is 12.0 Å². The van der Waals surface area contributed by atoms with Gasteiger partial charge in [0, 0.05) is 51.7 Å². The molecule has 0 aromatic heterocycles. The summed E-state index contributed by atoms with van der Waals surface area (Å²) in [5, 5.41) is 0. The molecule has 0 saturated carbocycles. The van der Waals surface area contributed by atoms with Crippen molar-refractivity contribution < 1.29 is 14.3 Å². The molecule has 0 N–H and O–H groups in total. The van der Waals surface area contributed by atoms with E-state index in [9.17, 15) is 9.59 Å². The van der Waals surface area contributed by atoms with Crippen molar-refractivity contribution in [3.63, 3.8) is 0 Å². The molecule has 2 aliphatic heterocycles. The maximum absolute atomic E-state index is 11.9. The third kappa shape index (κ3) is 4.09. The minimum absolute atomic E-state index is 0.233. The van der Waals surface area contributed by atoms with Crippen molar-refractivity contribution in [3.05, 3.63) is 0 Å². The molecule has 0 aliphatic carbocycles. The van der Waals surface area contributed by atoms with E-state index < -0.39 is 0 Å². The van der Waals surface area contributed by atoms with Crippen LogP contribution in [0, 0.1) is 5.92 Å². The summed E-state index contributed by atoms with van der Waals surface area (Å²) in [5.41, 5.74) is 0. The summed E-state index contributed by atoms with van der Waals surface area (Å²) in [5.74, 6) is 0.839. The molecule has 2 fully saturated rings. The zero-order chi connectivity index (χ0) is 15.4. The fourth-order valence-corrected chi connectivity index (χ4v) is 3.20. The summed E-state index contributed by atoms with van der Waals surface area (Å²) in [4.78, 5) is 29.5. The summed E-state index contributed by atoms with van der Waals surface area (Å²) < 4.78 is 4.75. The molecule has 0 aromatic rings. The summed E-state index contributed by atoms with van der Waals surface area (Å²) in [6.07, 6.45) is 1.42. The van der Waals surface area contributed by atoms with E-state index >= 15 is 0 Å². The standard InChI is InChI=1S/C15H27N3O3/c1-12(2)18-11-13(4-5-14(18)19)10-16-6-8-17(9-7-16)15(20)21-3/h12-13H,4-11H2,1-3H3. The highest BCUT2D eigenvalue weighted by atomic mass is 16.5. The average molecular weight is 297 g/mol. The van der Waals surface area contributed by atoms with Crippen LogP contribution in [-0.2, 0) is 9.53 Å². The second kappa shape index (κ2) is 7.11. The number of piperazine rings is 1. The minimum atomic E-state index is -0.233. The molecule has 2 amide bonds. The molecule has 1 unspecified atom stereocenters. The Kier molecular flexibility index (Phi) is 5.45. The molecule has 2 aliphatic rings. The van der Waals surface area contributed by atoms with Gasteiger partial charge in [-0.25, -0.2) is 4.79 Å². The first-order valence-corrected chi connectivity index (χ1v) is 7.86. The summed E-state index contributed by atoms with van der Waals surface area (Å²) in [6.45, 7) is 9.28. The number of rotatable bonds is 3. The number of likely N-dealkylation sites (tertiary alicyclic amines) is 1. The van der Waals surface area contributed by atoms with Gasteiger partial charge in [-0.3, -0.25) is 9.69 Å². The molecular formula is C15H27N3O3. The van der Waals surface area contributed by atoms with Crippen molar-refractivity contribution in [1.29, 1.82) is 0 Å². The van der Waals surface area contributed by atoms with Crippen LogP contribution in [0.25, 0.3) is 0 Å². The van der Waals surface area contributed by atoms with Crippen LogP contribution >= 0.6 is 0 Å². The lowest BCUT2D eigenvalue weighted by molar-refractivity contribution is -0.137. The van der Waals surface area contributed by atoms with Crippen LogP contribution in [0.2, 0.25) is 0 Å². The number of methoxy groups -OCH3 is 1. The molecule has 0 radical (unpaired) electrons. The SMILES string of the molecule is COC(=O)N1CCN(CC2CCC(=O)N(C(C)C)C2)CC1. The zero-order valence-corrected chi connectivity index (χ0v) is 13.4. The van der Waals surface area contributed by atoms with E-state index in [-0.39, 0.29) is 18.0 Å². The molecule has 1 atom stereocenters. The lowest BCUT2D eigenvalue weighted by atomic mass is 9.95. The Morgan fingerprint density at radius 1 is 1.29 bits per heavy atom. The van der Waals surface area contributed by atoms with Gasteiger partial charge in [0.25, 0.3) is 0 Å². The van der Waals surface area contributed by atoms with Gasteiger partial charge in [-0.05, 0) is 26.2 Å². The van der Waals surface area contributed by atoms with Gasteiger partial charge >= 0.3 is 6.09 Å². The fourth-order valence-electron chi connectivity index (χ4n) is 3.20. The maximum atomic E-state index is 11.9. The fraction of sp³-hybridized carbons (Fsp3) is 0.867. The van der Waals surface area contributed by atoms with E-state index in [1.165, 1.54) is 7.11 Å². The molecule has 120 valence electrons. The van der Waals surface area contributed by atoms with Crippen molar-refractivity contribution in [2.24, 2.45) is 5.92 Å². The first-order valence-electron chi connectivity index (χ1n) is 7.86. The predicted molar refractivity (Wildman–Crippen MR) is 80.0 cm³/mol. The number of hydrogen-bond acceptors (Lipinski definition) is 4. The maximum Gasteiger partial charge on any atom is 0.409 e. The van der Waals surface area contributed by atoms with Gasteiger partial charge in [0.1, 0.15) is 0 Å². The van der Waals surface area contributed by atoms with E-state index in [0.29, 0.717) is 12.3 Å². The third-order valence-corrected chi connectivity index (χ3v) is 4.49. The number of amides is 2. The molecule has 0 aromatic carbocycles. The highest BCUT2D eigenvalue weighted by Crippen LogP contribution is 2.21. The number of carbonyl (C=O) groups is 2. The summed E-state index contributed by atoms with van der Waals surface area (Å²) in [7, 11) is 1.42. The van der Waals surface area contributed by atoms with Gasteiger partial charge in [-0.1, -0.05) is 0 Å². The Bertz CT molecular complexity index is 378.